The Bertz CT molecular complexity index is 1090. The first-order valence-corrected chi connectivity index (χ1v) is 11.5. The summed E-state index contributed by atoms with van der Waals surface area (Å²) in [5.41, 5.74) is 0.796. The molecule has 1 aliphatic heterocycles. The molecule has 1 aromatic heterocycles. The molecule has 33 heavy (non-hydrogen) atoms. The molecule has 1 N–H and O–H groups in total. The third kappa shape index (κ3) is 5.67. The molecular formula is C23H25IN2O7. The van der Waals surface area contributed by atoms with Crippen molar-refractivity contribution in [2.24, 2.45) is 0 Å². The van der Waals surface area contributed by atoms with Gasteiger partial charge in [-0.25, -0.2) is 9.59 Å². The maximum atomic E-state index is 12.9. The number of furan rings is 1. The summed E-state index contributed by atoms with van der Waals surface area (Å²) in [5.74, 6) is 0.337. The number of ether oxygens (including phenoxy) is 3. The number of benzene rings is 1. The van der Waals surface area contributed by atoms with Gasteiger partial charge < -0.3 is 23.9 Å². The molecule has 3 amide bonds. The molecule has 1 fully saturated rings. The molecule has 0 saturated carbocycles. The van der Waals surface area contributed by atoms with Gasteiger partial charge in [-0.15, -0.1) is 0 Å². The smallest absolute Gasteiger partial charge is 0.373 e. The number of hydrogen-bond donors (Lipinski definition) is 1. The first-order valence-electron chi connectivity index (χ1n) is 10.4. The standard InChI is InChI=1S/C23H25IN2O7/c1-5-13(3)32-20-16(24)9-14(11-19(20)31-6-2)10-17-21(27)26(23(29)25-17)12-15-7-8-18(33-15)22(28)30-4/h7-11,13H,5-6,12H2,1-4H3,(H,25,29)/b17-10-/t13-/m0/s1. The quantitative estimate of drug-likeness (QED) is 0.208. The Hall–Kier alpha value is -3.02. The second-order valence-electron chi connectivity index (χ2n) is 7.24. The molecular weight excluding hydrogens is 543 g/mol. The number of carbonyl (C=O) groups excluding carboxylic acids is 3. The van der Waals surface area contributed by atoms with Crippen LogP contribution in [0.4, 0.5) is 4.79 Å². The molecule has 1 aliphatic rings. The topological polar surface area (TPSA) is 107 Å². The Morgan fingerprint density at radius 2 is 2.03 bits per heavy atom. The molecule has 9 nitrogen and oxygen atoms in total. The number of nitrogens with one attached hydrogen (secondary N) is 1. The number of hydrogen-bond acceptors (Lipinski definition) is 7. The number of rotatable bonds is 9. The average molecular weight is 568 g/mol. The van der Waals surface area contributed by atoms with E-state index in [2.05, 4.69) is 32.6 Å². The highest BCUT2D eigenvalue weighted by Crippen LogP contribution is 2.36. The number of nitrogens with zero attached hydrogens (tertiary/aromatic N) is 1. The van der Waals surface area contributed by atoms with Gasteiger partial charge in [-0.3, -0.25) is 9.69 Å². The van der Waals surface area contributed by atoms with Gasteiger partial charge in [0.2, 0.25) is 5.76 Å². The highest BCUT2D eigenvalue weighted by Gasteiger charge is 2.34. The normalized spacial score (nSPS) is 15.5. The van der Waals surface area contributed by atoms with Gasteiger partial charge in [0, 0.05) is 0 Å². The van der Waals surface area contributed by atoms with Gasteiger partial charge in [0.05, 0.1) is 29.9 Å². The molecule has 176 valence electrons. The van der Waals surface area contributed by atoms with E-state index in [9.17, 15) is 14.4 Å². The summed E-state index contributed by atoms with van der Waals surface area (Å²) >= 11 is 2.16. The van der Waals surface area contributed by atoms with Crippen molar-refractivity contribution in [2.45, 2.75) is 39.8 Å². The Kier molecular flexibility index (Phi) is 8.01. The van der Waals surface area contributed by atoms with E-state index in [1.807, 2.05) is 26.8 Å². The number of methoxy groups -OCH3 is 1. The first kappa shape index (κ1) is 24.6. The summed E-state index contributed by atoms with van der Waals surface area (Å²) in [5, 5.41) is 2.58. The maximum Gasteiger partial charge on any atom is 0.373 e. The van der Waals surface area contributed by atoms with E-state index in [0.717, 1.165) is 14.9 Å². The van der Waals surface area contributed by atoms with Crippen LogP contribution < -0.4 is 14.8 Å². The average Bonchev–Trinajstić information content (AvgIpc) is 3.36. The number of urea groups is 1. The van der Waals surface area contributed by atoms with Crippen LogP contribution in [0.3, 0.4) is 0 Å². The summed E-state index contributed by atoms with van der Waals surface area (Å²) < 4.78 is 22.5. The minimum atomic E-state index is -0.639. The fourth-order valence-corrected chi connectivity index (χ4v) is 3.80. The number of amides is 3. The number of imide groups is 1. The lowest BCUT2D eigenvalue weighted by Gasteiger charge is -2.18. The Morgan fingerprint density at radius 3 is 2.70 bits per heavy atom. The van der Waals surface area contributed by atoms with Gasteiger partial charge >= 0.3 is 12.0 Å². The fourth-order valence-electron chi connectivity index (χ4n) is 3.04. The molecule has 0 unspecified atom stereocenters. The van der Waals surface area contributed by atoms with Crippen LogP contribution >= 0.6 is 22.6 Å². The van der Waals surface area contributed by atoms with Crippen LogP contribution in [-0.2, 0) is 16.1 Å². The zero-order valence-electron chi connectivity index (χ0n) is 18.8. The molecule has 1 atom stereocenters. The zero-order chi connectivity index (χ0) is 24.1. The van der Waals surface area contributed by atoms with Gasteiger partial charge in [0.1, 0.15) is 11.5 Å². The van der Waals surface area contributed by atoms with Crippen LogP contribution in [0.2, 0.25) is 0 Å². The van der Waals surface area contributed by atoms with E-state index in [1.165, 1.54) is 19.2 Å². The maximum absolute atomic E-state index is 12.9. The lowest BCUT2D eigenvalue weighted by molar-refractivity contribution is -0.123. The molecule has 1 aromatic carbocycles. The zero-order valence-corrected chi connectivity index (χ0v) is 20.9. The van der Waals surface area contributed by atoms with Crippen LogP contribution in [0.25, 0.3) is 6.08 Å². The van der Waals surface area contributed by atoms with Crippen molar-refractivity contribution in [3.8, 4) is 11.5 Å². The van der Waals surface area contributed by atoms with Crippen molar-refractivity contribution >= 4 is 46.6 Å². The summed E-state index contributed by atoms with van der Waals surface area (Å²) in [4.78, 5) is 37.8. The first-order chi connectivity index (χ1) is 15.8. The minimum absolute atomic E-state index is 0.00644. The van der Waals surface area contributed by atoms with Crippen molar-refractivity contribution in [1.29, 1.82) is 0 Å². The molecule has 3 rings (SSSR count). The number of esters is 1. The van der Waals surface area contributed by atoms with E-state index in [0.29, 0.717) is 23.7 Å². The second kappa shape index (κ2) is 10.7. The van der Waals surface area contributed by atoms with Gasteiger partial charge in [0.15, 0.2) is 11.5 Å². The van der Waals surface area contributed by atoms with Crippen molar-refractivity contribution in [2.75, 3.05) is 13.7 Å². The molecule has 0 bridgehead atoms. The molecule has 0 aliphatic carbocycles. The van der Waals surface area contributed by atoms with Gasteiger partial charge in [0.25, 0.3) is 5.91 Å². The summed E-state index contributed by atoms with van der Waals surface area (Å²) in [7, 11) is 1.24. The summed E-state index contributed by atoms with van der Waals surface area (Å²) in [6.45, 7) is 6.23. The predicted octanol–water partition coefficient (Wildman–Crippen LogP) is 4.34. The summed E-state index contributed by atoms with van der Waals surface area (Å²) in [6, 6.07) is 5.98. The minimum Gasteiger partial charge on any atom is -0.490 e. The molecule has 0 radical (unpaired) electrons. The summed E-state index contributed by atoms with van der Waals surface area (Å²) in [6.07, 6.45) is 2.45. The van der Waals surface area contributed by atoms with Crippen molar-refractivity contribution in [3.63, 3.8) is 0 Å². The molecule has 0 spiro atoms. The Labute approximate surface area is 205 Å². The lowest BCUT2D eigenvalue weighted by Crippen LogP contribution is -2.30. The van der Waals surface area contributed by atoms with Crippen LogP contribution in [0.5, 0.6) is 11.5 Å². The third-order valence-electron chi connectivity index (χ3n) is 4.86. The van der Waals surface area contributed by atoms with Crippen LogP contribution in [0, 0.1) is 3.57 Å². The van der Waals surface area contributed by atoms with E-state index in [1.54, 1.807) is 12.1 Å². The van der Waals surface area contributed by atoms with Gasteiger partial charge in [-0.05, 0) is 78.8 Å². The second-order valence-corrected chi connectivity index (χ2v) is 8.40. The lowest BCUT2D eigenvalue weighted by atomic mass is 10.1. The van der Waals surface area contributed by atoms with Gasteiger partial charge in [-0.1, -0.05) is 6.92 Å². The monoisotopic (exact) mass is 568 g/mol. The highest BCUT2D eigenvalue weighted by atomic mass is 127. The predicted molar refractivity (Wildman–Crippen MR) is 128 cm³/mol. The van der Waals surface area contributed by atoms with E-state index >= 15 is 0 Å². The molecule has 2 heterocycles. The SMILES string of the molecule is CCOc1cc(/C=C2\NC(=O)N(Cc3ccc(C(=O)OC)o3)C2=O)cc(I)c1O[C@@H](C)CC. The van der Waals surface area contributed by atoms with Gasteiger partial charge in [-0.2, -0.15) is 0 Å². The van der Waals surface area contributed by atoms with Crippen LogP contribution in [-0.4, -0.2) is 42.6 Å². The molecule has 1 saturated heterocycles. The van der Waals surface area contributed by atoms with E-state index < -0.39 is 17.9 Å². The number of carbonyl (C=O) groups is 3. The highest BCUT2D eigenvalue weighted by molar-refractivity contribution is 14.1. The largest absolute Gasteiger partial charge is 0.490 e. The van der Waals surface area contributed by atoms with Crippen molar-refractivity contribution in [3.05, 3.63) is 50.6 Å². The Morgan fingerprint density at radius 1 is 1.27 bits per heavy atom. The van der Waals surface area contributed by atoms with E-state index in [-0.39, 0.29) is 29.9 Å². The molecule has 10 heteroatoms. The fraction of sp³-hybridized carbons (Fsp3) is 0.348. The third-order valence-corrected chi connectivity index (χ3v) is 5.66. The van der Waals surface area contributed by atoms with Crippen LogP contribution in [0.1, 0.15) is 49.1 Å². The van der Waals surface area contributed by atoms with Crippen molar-refractivity contribution in [1.82, 2.24) is 10.2 Å². The van der Waals surface area contributed by atoms with E-state index in [4.69, 9.17) is 13.9 Å². The van der Waals surface area contributed by atoms with Crippen LogP contribution in [0.15, 0.2) is 34.4 Å². The molecule has 2 aromatic rings. The van der Waals surface area contributed by atoms with Crippen molar-refractivity contribution < 1.29 is 33.0 Å². The Balaban J connectivity index is 1.83. The number of halogens is 1.